The lowest BCUT2D eigenvalue weighted by molar-refractivity contribution is 0.103. The molecule has 1 aliphatic rings. The first-order valence-electron chi connectivity index (χ1n) is 8.22. The molecule has 0 spiro atoms. The summed E-state index contributed by atoms with van der Waals surface area (Å²) in [5, 5.41) is 4.65. The molecule has 0 aromatic carbocycles. The zero-order chi connectivity index (χ0) is 15.7. The molecule has 0 bridgehead atoms. The Labute approximate surface area is 132 Å². The van der Waals surface area contributed by atoms with Crippen LogP contribution in [0.5, 0.6) is 0 Å². The van der Waals surface area contributed by atoms with Crippen LogP contribution in [0.1, 0.15) is 42.6 Å². The van der Waals surface area contributed by atoms with Crippen molar-refractivity contribution in [2.24, 2.45) is 0 Å². The molecule has 0 radical (unpaired) electrons. The summed E-state index contributed by atoms with van der Waals surface area (Å²) in [5.41, 5.74) is 4.22. The van der Waals surface area contributed by atoms with Crippen LogP contribution in [0.15, 0.2) is 6.07 Å². The van der Waals surface area contributed by atoms with Gasteiger partial charge in [0.2, 0.25) is 0 Å². The zero-order valence-electron chi connectivity index (χ0n) is 14.1. The summed E-state index contributed by atoms with van der Waals surface area (Å²) in [4.78, 5) is 6.92. The van der Waals surface area contributed by atoms with Crippen molar-refractivity contribution >= 4 is 11.5 Å². The smallest absolute Gasteiger partial charge is 0.160 e. The van der Waals surface area contributed by atoms with Gasteiger partial charge in [-0.2, -0.15) is 9.61 Å². The predicted molar refractivity (Wildman–Crippen MR) is 88.7 cm³/mol. The van der Waals surface area contributed by atoms with E-state index in [0.717, 1.165) is 54.4 Å². The second kappa shape index (κ2) is 6.24. The first-order valence-corrected chi connectivity index (χ1v) is 8.22. The van der Waals surface area contributed by atoms with Gasteiger partial charge >= 0.3 is 0 Å². The van der Waals surface area contributed by atoms with Crippen LogP contribution in [0.3, 0.4) is 0 Å². The number of hydrogen-bond donors (Lipinski definition) is 0. The molecule has 3 rings (SSSR count). The highest BCUT2D eigenvalue weighted by molar-refractivity contribution is 5.56. The summed E-state index contributed by atoms with van der Waals surface area (Å²) in [6.07, 6.45) is 5.20. The van der Waals surface area contributed by atoms with Gasteiger partial charge in [-0.1, -0.05) is 0 Å². The average Bonchev–Trinajstić information content (AvgIpc) is 3.09. The van der Waals surface area contributed by atoms with Gasteiger partial charge in [0, 0.05) is 37.5 Å². The van der Waals surface area contributed by atoms with Crippen LogP contribution in [-0.4, -0.2) is 40.9 Å². The molecule has 2 aromatic rings. The van der Waals surface area contributed by atoms with Gasteiger partial charge < -0.3 is 9.64 Å². The lowest BCUT2D eigenvalue weighted by Crippen LogP contribution is -2.23. The summed E-state index contributed by atoms with van der Waals surface area (Å²) in [6, 6.07) is 2.12. The number of aryl methyl sites for hydroxylation is 3. The third-order valence-electron chi connectivity index (χ3n) is 4.60. The average molecular weight is 302 g/mol. The highest BCUT2D eigenvalue weighted by Gasteiger charge is 2.17. The van der Waals surface area contributed by atoms with Crippen molar-refractivity contribution < 1.29 is 4.74 Å². The lowest BCUT2D eigenvalue weighted by atomic mass is 10.1. The summed E-state index contributed by atoms with van der Waals surface area (Å²) < 4.78 is 7.68. The Kier molecular flexibility index (Phi) is 4.34. The summed E-state index contributed by atoms with van der Waals surface area (Å²) >= 11 is 0. The van der Waals surface area contributed by atoms with Gasteiger partial charge in [0.05, 0.1) is 11.8 Å². The number of hydrogen-bond acceptors (Lipinski definition) is 4. The number of aromatic nitrogens is 3. The SMILES string of the molecule is Cc1cc(N(C)CCC[C@@H]2CCCO2)n2nc(C)c(C)c2n1. The minimum atomic E-state index is 0.474. The molecule has 1 atom stereocenters. The highest BCUT2D eigenvalue weighted by atomic mass is 16.5. The van der Waals surface area contributed by atoms with Crippen LogP contribution < -0.4 is 4.90 Å². The molecule has 1 fully saturated rings. The first-order chi connectivity index (χ1) is 10.6. The molecule has 22 heavy (non-hydrogen) atoms. The second-order valence-electron chi connectivity index (χ2n) is 6.40. The van der Waals surface area contributed by atoms with Crippen LogP contribution in [0.4, 0.5) is 5.82 Å². The molecular weight excluding hydrogens is 276 g/mol. The predicted octanol–water partition coefficient (Wildman–Crippen LogP) is 3.05. The van der Waals surface area contributed by atoms with E-state index >= 15 is 0 Å². The molecule has 3 heterocycles. The molecular formula is C17H26N4O. The Bertz CT molecular complexity index is 658. The number of rotatable bonds is 5. The van der Waals surface area contributed by atoms with Crippen molar-refractivity contribution in [2.45, 2.75) is 52.6 Å². The van der Waals surface area contributed by atoms with E-state index in [1.54, 1.807) is 0 Å². The van der Waals surface area contributed by atoms with Crippen LogP contribution >= 0.6 is 0 Å². The minimum Gasteiger partial charge on any atom is -0.378 e. The summed E-state index contributed by atoms with van der Waals surface area (Å²) in [7, 11) is 2.13. The van der Waals surface area contributed by atoms with E-state index in [-0.39, 0.29) is 0 Å². The molecule has 0 unspecified atom stereocenters. The standard InChI is InChI=1S/C17H26N4O/c1-12-11-16(21-17(18-12)13(2)14(3)19-21)20(4)9-5-7-15-8-6-10-22-15/h11,15H,5-10H2,1-4H3/t15-/m1/s1. The van der Waals surface area contributed by atoms with E-state index in [2.05, 4.69) is 35.0 Å². The molecule has 2 aromatic heterocycles. The van der Waals surface area contributed by atoms with Gasteiger partial charge in [-0.15, -0.1) is 0 Å². The molecule has 0 aliphatic carbocycles. The topological polar surface area (TPSA) is 42.7 Å². The Morgan fingerprint density at radius 2 is 2.18 bits per heavy atom. The van der Waals surface area contributed by atoms with Crippen LogP contribution in [-0.2, 0) is 4.74 Å². The van der Waals surface area contributed by atoms with E-state index in [1.165, 1.54) is 12.8 Å². The van der Waals surface area contributed by atoms with Gasteiger partial charge in [-0.25, -0.2) is 4.98 Å². The van der Waals surface area contributed by atoms with Crippen LogP contribution in [0.25, 0.3) is 5.65 Å². The number of fused-ring (bicyclic) bond motifs is 1. The van der Waals surface area contributed by atoms with E-state index in [1.807, 2.05) is 18.4 Å². The van der Waals surface area contributed by atoms with Gasteiger partial charge in [-0.3, -0.25) is 0 Å². The molecule has 0 amide bonds. The Morgan fingerprint density at radius 1 is 1.36 bits per heavy atom. The maximum atomic E-state index is 5.70. The number of anilines is 1. The van der Waals surface area contributed by atoms with Crippen molar-refractivity contribution in [1.82, 2.24) is 14.6 Å². The van der Waals surface area contributed by atoms with Crippen molar-refractivity contribution in [2.75, 3.05) is 25.1 Å². The van der Waals surface area contributed by atoms with E-state index in [0.29, 0.717) is 6.10 Å². The molecule has 1 saturated heterocycles. The molecule has 0 N–H and O–H groups in total. The Hall–Kier alpha value is -1.62. The fourth-order valence-electron chi connectivity index (χ4n) is 3.15. The van der Waals surface area contributed by atoms with Crippen molar-refractivity contribution in [3.05, 3.63) is 23.0 Å². The largest absolute Gasteiger partial charge is 0.378 e. The van der Waals surface area contributed by atoms with Gasteiger partial charge in [0.15, 0.2) is 5.65 Å². The molecule has 1 aliphatic heterocycles. The third-order valence-corrected chi connectivity index (χ3v) is 4.60. The summed E-state index contributed by atoms with van der Waals surface area (Å²) in [5.74, 6) is 1.12. The normalized spacial score (nSPS) is 18.3. The maximum absolute atomic E-state index is 5.70. The van der Waals surface area contributed by atoms with Gasteiger partial charge in [-0.05, 0) is 46.5 Å². The Morgan fingerprint density at radius 3 is 2.91 bits per heavy atom. The maximum Gasteiger partial charge on any atom is 0.160 e. The van der Waals surface area contributed by atoms with Crippen molar-refractivity contribution in [1.29, 1.82) is 0 Å². The third kappa shape index (κ3) is 2.95. The van der Waals surface area contributed by atoms with E-state index < -0.39 is 0 Å². The molecule has 0 saturated carbocycles. The van der Waals surface area contributed by atoms with E-state index in [4.69, 9.17) is 4.74 Å². The summed E-state index contributed by atoms with van der Waals surface area (Å²) in [6.45, 7) is 8.13. The fraction of sp³-hybridized carbons (Fsp3) is 0.647. The Balaban J connectivity index is 1.75. The van der Waals surface area contributed by atoms with Gasteiger partial charge in [0.25, 0.3) is 0 Å². The molecule has 120 valence electrons. The minimum absolute atomic E-state index is 0.474. The highest BCUT2D eigenvalue weighted by Crippen LogP contribution is 2.22. The van der Waals surface area contributed by atoms with Gasteiger partial charge in [0.1, 0.15) is 5.82 Å². The van der Waals surface area contributed by atoms with Crippen LogP contribution in [0.2, 0.25) is 0 Å². The zero-order valence-corrected chi connectivity index (χ0v) is 14.1. The quantitative estimate of drug-likeness (QED) is 0.851. The van der Waals surface area contributed by atoms with E-state index in [9.17, 15) is 0 Å². The van der Waals surface area contributed by atoms with Crippen molar-refractivity contribution in [3.63, 3.8) is 0 Å². The second-order valence-corrected chi connectivity index (χ2v) is 6.40. The first kappa shape index (κ1) is 15.3. The fourth-order valence-corrected chi connectivity index (χ4v) is 3.15. The monoisotopic (exact) mass is 302 g/mol. The number of ether oxygens (including phenoxy) is 1. The van der Waals surface area contributed by atoms with Crippen LogP contribution in [0, 0.1) is 20.8 Å². The number of nitrogens with zero attached hydrogens (tertiary/aromatic N) is 4. The lowest BCUT2D eigenvalue weighted by Gasteiger charge is -2.21. The molecule has 5 nitrogen and oxygen atoms in total. The molecule has 5 heteroatoms. The van der Waals surface area contributed by atoms with Crippen molar-refractivity contribution in [3.8, 4) is 0 Å².